The number of rotatable bonds is 2. The maximum atomic E-state index is 5.73. The number of nitrogens with zero attached hydrogens (tertiary/aromatic N) is 3. The Morgan fingerprint density at radius 3 is 3.18 bits per heavy atom. The highest BCUT2D eigenvalue weighted by Crippen LogP contribution is 2.20. The third kappa shape index (κ3) is 2.35. The van der Waals surface area contributed by atoms with Gasteiger partial charge in [-0.2, -0.15) is 0 Å². The van der Waals surface area contributed by atoms with Gasteiger partial charge in [0.1, 0.15) is 5.52 Å². The predicted octanol–water partition coefficient (Wildman–Crippen LogP) is 2.76. The molecule has 0 bridgehead atoms. The molecule has 2 heterocycles. The van der Waals surface area contributed by atoms with Crippen LogP contribution in [0.5, 0.6) is 0 Å². The van der Waals surface area contributed by atoms with Gasteiger partial charge in [-0.15, -0.1) is 5.10 Å². The van der Waals surface area contributed by atoms with Gasteiger partial charge in [-0.3, -0.25) is 0 Å². The second-order valence-electron chi connectivity index (χ2n) is 4.39. The molecule has 0 radical (unpaired) electrons. The quantitative estimate of drug-likeness (QED) is 0.855. The van der Waals surface area contributed by atoms with E-state index in [9.17, 15) is 0 Å². The van der Waals surface area contributed by atoms with Crippen LogP contribution in [-0.4, -0.2) is 27.7 Å². The molecule has 5 heteroatoms. The van der Waals surface area contributed by atoms with E-state index in [0.29, 0.717) is 0 Å². The molecule has 1 atom stereocenters. The van der Waals surface area contributed by atoms with E-state index in [1.54, 1.807) is 0 Å². The number of halogens is 1. The molecule has 1 aliphatic rings. The van der Waals surface area contributed by atoms with E-state index in [1.165, 1.54) is 12.8 Å². The van der Waals surface area contributed by atoms with E-state index in [0.717, 1.165) is 35.1 Å². The molecule has 0 N–H and O–H groups in total. The molecule has 0 amide bonds. The first-order valence-corrected chi connectivity index (χ1v) is 6.72. The first kappa shape index (κ1) is 11.2. The van der Waals surface area contributed by atoms with Crippen molar-refractivity contribution in [3.05, 3.63) is 22.7 Å². The van der Waals surface area contributed by atoms with E-state index in [4.69, 9.17) is 4.74 Å². The number of fused-ring (bicyclic) bond motifs is 1. The first-order valence-electron chi connectivity index (χ1n) is 5.93. The van der Waals surface area contributed by atoms with Gasteiger partial charge in [-0.05, 0) is 37.5 Å². The summed E-state index contributed by atoms with van der Waals surface area (Å²) in [6, 6.07) is 6.05. The van der Waals surface area contributed by atoms with Gasteiger partial charge in [0, 0.05) is 11.1 Å². The smallest absolute Gasteiger partial charge is 0.114 e. The Balaban J connectivity index is 1.84. The minimum absolute atomic E-state index is 0.289. The van der Waals surface area contributed by atoms with Crippen LogP contribution in [0.4, 0.5) is 0 Å². The lowest BCUT2D eigenvalue weighted by Crippen LogP contribution is -2.24. The molecular weight excluding hydrogens is 282 g/mol. The topological polar surface area (TPSA) is 39.9 Å². The van der Waals surface area contributed by atoms with Crippen LogP contribution >= 0.6 is 15.9 Å². The Labute approximate surface area is 108 Å². The van der Waals surface area contributed by atoms with E-state index in [2.05, 4.69) is 26.2 Å². The monoisotopic (exact) mass is 295 g/mol. The zero-order chi connectivity index (χ0) is 11.7. The van der Waals surface area contributed by atoms with Crippen molar-refractivity contribution in [1.29, 1.82) is 0 Å². The van der Waals surface area contributed by atoms with Gasteiger partial charge in [-0.25, -0.2) is 4.68 Å². The lowest BCUT2D eigenvalue weighted by Gasteiger charge is -2.22. The maximum Gasteiger partial charge on any atom is 0.114 e. The van der Waals surface area contributed by atoms with Gasteiger partial charge in [0.05, 0.1) is 18.2 Å². The largest absolute Gasteiger partial charge is 0.376 e. The number of hydrogen-bond donors (Lipinski definition) is 0. The highest BCUT2D eigenvalue weighted by molar-refractivity contribution is 9.10. The van der Waals surface area contributed by atoms with Gasteiger partial charge < -0.3 is 4.74 Å². The highest BCUT2D eigenvalue weighted by Gasteiger charge is 2.16. The molecule has 0 aliphatic carbocycles. The van der Waals surface area contributed by atoms with Crippen LogP contribution in [0.3, 0.4) is 0 Å². The summed E-state index contributed by atoms with van der Waals surface area (Å²) >= 11 is 3.44. The molecule has 0 saturated carbocycles. The maximum absolute atomic E-state index is 5.73. The lowest BCUT2D eigenvalue weighted by atomic mass is 10.1. The molecular formula is C12H14BrN3O. The van der Waals surface area contributed by atoms with Gasteiger partial charge in [0.2, 0.25) is 0 Å². The van der Waals surface area contributed by atoms with Crippen molar-refractivity contribution in [2.24, 2.45) is 0 Å². The standard InChI is InChI=1S/C12H14BrN3O/c13-9-4-5-12-11(7-9)14-15-16(12)8-10-3-1-2-6-17-10/h4-5,7,10H,1-3,6,8H2. The zero-order valence-corrected chi connectivity index (χ0v) is 11.1. The molecule has 1 aliphatic heterocycles. The van der Waals surface area contributed by atoms with E-state index in [1.807, 2.05) is 22.9 Å². The molecule has 1 saturated heterocycles. The fourth-order valence-electron chi connectivity index (χ4n) is 2.22. The Kier molecular flexibility index (Phi) is 3.11. The van der Waals surface area contributed by atoms with Crippen molar-refractivity contribution in [2.75, 3.05) is 6.61 Å². The summed E-state index contributed by atoms with van der Waals surface area (Å²) < 4.78 is 8.70. The van der Waals surface area contributed by atoms with E-state index < -0.39 is 0 Å². The minimum Gasteiger partial charge on any atom is -0.376 e. The minimum atomic E-state index is 0.289. The molecule has 90 valence electrons. The van der Waals surface area contributed by atoms with Crippen molar-refractivity contribution in [2.45, 2.75) is 31.9 Å². The van der Waals surface area contributed by atoms with Crippen LogP contribution in [0, 0.1) is 0 Å². The molecule has 4 nitrogen and oxygen atoms in total. The summed E-state index contributed by atoms with van der Waals surface area (Å²) in [5.74, 6) is 0. The molecule has 2 aromatic rings. The van der Waals surface area contributed by atoms with Crippen LogP contribution in [0.25, 0.3) is 11.0 Å². The molecule has 17 heavy (non-hydrogen) atoms. The molecule has 0 spiro atoms. The van der Waals surface area contributed by atoms with Crippen LogP contribution < -0.4 is 0 Å². The Morgan fingerprint density at radius 1 is 1.41 bits per heavy atom. The normalized spacial score (nSPS) is 20.9. The fourth-order valence-corrected chi connectivity index (χ4v) is 2.57. The molecule has 1 aromatic heterocycles. The molecule has 1 unspecified atom stereocenters. The fraction of sp³-hybridized carbons (Fsp3) is 0.500. The molecule has 1 fully saturated rings. The van der Waals surface area contributed by atoms with Crippen molar-refractivity contribution in [1.82, 2.24) is 15.0 Å². The zero-order valence-electron chi connectivity index (χ0n) is 9.47. The summed E-state index contributed by atoms with van der Waals surface area (Å²) in [6.45, 7) is 1.68. The van der Waals surface area contributed by atoms with Gasteiger partial charge in [0.15, 0.2) is 0 Å². The highest BCUT2D eigenvalue weighted by atomic mass is 79.9. The summed E-state index contributed by atoms with van der Waals surface area (Å²) in [4.78, 5) is 0. The van der Waals surface area contributed by atoms with Gasteiger partial charge in [-0.1, -0.05) is 21.1 Å². The average molecular weight is 296 g/mol. The SMILES string of the molecule is Brc1ccc2c(c1)nnn2CC1CCCCO1. The van der Waals surface area contributed by atoms with Crippen LogP contribution in [0.15, 0.2) is 22.7 Å². The Morgan fingerprint density at radius 2 is 2.35 bits per heavy atom. The van der Waals surface area contributed by atoms with E-state index >= 15 is 0 Å². The summed E-state index contributed by atoms with van der Waals surface area (Å²) in [7, 11) is 0. The van der Waals surface area contributed by atoms with Crippen LogP contribution in [-0.2, 0) is 11.3 Å². The Bertz CT molecular complexity index is 519. The van der Waals surface area contributed by atoms with Gasteiger partial charge >= 0.3 is 0 Å². The third-order valence-electron chi connectivity index (χ3n) is 3.13. The molecule has 3 rings (SSSR count). The summed E-state index contributed by atoms with van der Waals surface area (Å²) in [5, 5.41) is 8.37. The van der Waals surface area contributed by atoms with Crippen molar-refractivity contribution in [3.8, 4) is 0 Å². The third-order valence-corrected chi connectivity index (χ3v) is 3.62. The second kappa shape index (κ2) is 4.74. The summed E-state index contributed by atoms with van der Waals surface area (Å²) in [6.07, 6.45) is 3.85. The number of benzene rings is 1. The molecule has 1 aromatic carbocycles. The van der Waals surface area contributed by atoms with Gasteiger partial charge in [0.25, 0.3) is 0 Å². The van der Waals surface area contributed by atoms with E-state index in [-0.39, 0.29) is 6.10 Å². The average Bonchev–Trinajstić information content (AvgIpc) is 2.73. The summed E-state index contributed by atoms with van der Waals surface area (Å²) in [5.41, 5.74) is 2.00. The van der Waals surface area contributed by atoms with Crippen molar-refractivity contribution >= 4 is 27.0 Å². The van der Waals surface area contributed by atoms with Crippen molar-refractivity contribution in [3.63, 3.8) is 0 Å². The first-order chi connectivity index (χ1) is 8.33. The van der Waals surface area contributed by atoms with Crippen LogP contribution in [0.1, 0.15) is 19.3 Å². The van der Waals surface area contributed by atoms with Crippen LogP contribution in [0.2, 0.25) is 0 Å². The second-order valence-corrected chi connectivity index (χ2v) is 5.31. The number of hydrogen-bond acceptors (Lipinski definition) is 3. The number of aromatic nitrogens is 3. The van der Waals surface area contributed by atoms with Crippen molar-refractivity contribution < 1.29 is 4.74 Å². The predicted molar refractivity (Wildman–Crippen MR) is 68.8 cm³/mol. The lowest BCUT2D eigenvalue weighted by molar-refractivity contribution is 0.00443. The number of ether oxygens (including phenoxy) is 1. The Hall–Kier alpha value is -0.940.